The lowest BCUT2D eigenvalue weighted by Gasteiger charge is -2.19. The molecule has 0 aliphatic carbocycles. The molecule has 3 unspecified atom stereocenters. The molecule has 1 aliphatic heterocycles. The molecule has 4 heteroatoms. The molecule has 1 heterocycles. The van der Waals surface area contributed by atoms with Crippen LogP contribution in [0, 0.1) is 5.92 Å². The van der Waals surface area contributed by atoms with Gasteiger partial charge in [0.15, 0.2) is 0 Å². The summed E-state index contributed by atoms with van der Waals surface area (Å²) in [7, 11) is 0. The zero-order chi connectivity index (χ0) is 10.6. The van der Waals surface area contributed by atoms with E-state index in [2.05, 4.69) is 5.32 Å². The molecule has 1 saturated heterocycles. The number of amides is 1. The Bertz CT molecular complexity index is 193. The third kappa shape index (κ3) is 2.69. The van der Waals surface area contributed by atoms with Gasteiger partial charge in [0.2, 0.25) is 5.91 Å². The summed E-state index contributed by atoms with van der Waals surface area (Å²) in [5.74, 6) is 0.0999. The van der Waals surface area contributed by atoms with Gasteiger partial charge in [-0.05, 0) is 19.8 Å². The lowest BCUT2D eigenvalue weighted by Crippen LogP contribution is -2.44. The number of ether oxygens (including phenoxy) is 1. The molecule has 1 rings (SSSR count). The minimum absolute atomic E-state index is 0.00981. The van der Waals surface area contributed by atoms with Crippen molar-refractivity contribution in [3.05, 3.63) is 0 Å². The summed E-state index contributed by atoms with van der Waals surface area (Å²) in [6, 6.07) is 0.107. The smallest absolute Gasteiger partial charge is 0.226 e. The molecule has 1 aliphatic rings. The largest absolute Gasteiger partial charge is 0.378 e. The Morgan fingerprint density at radius 1 is 1.71 bits per heavy atom. The van der Waals surface area contributed by atoms with Crippen molar-refractivity contribution in [2.45, 2.75) is 38.8 Å². The Kier molecular flexibility index (Phi) is 4.35. The van der Waals surface area contributed by atoms with Gasteiger partial charge < -0.3 is 15.8 Å². The summed E-state index contributed by atoms with van der Waals surface area (Å²) in [5, 5.41) is 2.94. The van der Waals surface area contributed by atoms with Crippen molar-refractivity contribution >= 4 is 5.91 Å². The molecular formula is C10H20N2O2. The fourth-order valence-electron chi connectivity index (χ4n) is 1.71. The van der Waals surface area contributed by atoms with E-state index in [4.69, 9.17) is 10.5 Å². The van der Waals surface area contributed by atoms with E-state index < -0.39 is 0 Å². The number of carbonyl (C=O) groups excluding carboxylic acids is 1. The highest BCUT2D eigenvalue weighted by Crippen LogP contribution is 2.20. The molecule has 3 N–H and O–H groups in total. The highest BCUT2D eigenvalue weighted by molar-refractivity contribution is 5.79. The number of nitrogens with two attached hydrogens (primary N) is 1. The quantitative estimate of drug-likeness (QED) is 0.684. The minimum atomic E-state index is 0.00981. The average molecular weight is 200 g/mol. The number of carbonyl (C=O) groups is 1. The lowest BCUT2D eigenvalue weighted by molar-refractivity contribution is -0.127. The Labute approximate surface area is 85.2 Å². The van der Waals surface area contributed by atoms with Crippen LogP contribution in [-0.2, 0) is 9.53 Å². The van der Waals surface area contributed by atoms with E-state index in [0.29, 0.717) is 13.2 Å². The number of rotatable bonds is 4. The van der Waals surface area contributed by atoms with Gasteiger partial charge in [-0.1, -0.05) is 6.92 Å². The van der Waals surface area contributed by atoms with Crippen LogP contribution in [0.15, 0.2) is 0 Å². The summed E-state index contributed by atoms with van der Waals surface area (Å²) < 4.78 is 5.34. The third-order valence-corrected chi connectivity index (χ3v) is 2.84. The van der Waals surface area contributed by atoms with Crippen LogP contribution in [0.3, 0.4) is 0 Å². The monoisotopic (exact) mass is 200 g/mol. The maximum absolute atomic E-state index is 11.7. The van der Waals surface area contributed by atoms with E-state index in [1.807, 2.05) is 13.8 Å². The van der Waals surface area contributed by atoms with Crippen molar-refractivity contribution in [2.24, 2.45) is 11.7 Å². The second-order valence-corrected chi connectivity index (χ2v) is 3.82. The molecule has 0 aromatic carbocycles. The molecule has 0 aromatic rings. The third-order valence-electron chi connectivity index (χ3n) is 2.84. The van der Waals surface area contributed by atoms with Crippen LogP contribution in [0.5, 0.6) is 0 Å². The van der Waals surface area contributed by atoms with E-state index in [0.717, 1.165) is 12.8 Å². The van der Waals surface area contributed by atoms with Crippen molar-refractivity contribution in [3.8, 4) is 0 Å². The maximum Gasteiger partial charge on any atom is 0.226 e. The van der Waals surface area contributed by atoms with Gasteiger partial charge in [-0.25, -0.2) is 0 Å². The normalized spacial score (nSPS) is 28.8. The van der Waals surface area contributed by atoms with Gasteiger partial charge >= 0.3 is 0 Å². The second-order valence-electron chi connectivity index (χ2n) is 3.82. The fraction of sp³-hybridized carbons (Fsp3) is 0.900. The minimum Gasteiger partial charge on any atom is -0.378 e. The van der Waals surface area contributed by atoms with Crippen molar-refractivity contribution in [1.29, 1.82) is 0 Å². The van der Waals surface area contributed by atoms with Crippen LogP contribution in [0.1, 0.15) is 26.7 Å². The van der Waals surface area contributed by atoms with Gasteiger partial charge in [-0.15, -0.1) is 0 Å². The summed E-state index contributed by atoms with van der Waals surface area (Å²) in [6.45, 7) is 5.16. The summed E-state index contributed by atoms with van der Waals surface area (Å²) in [4.78, 5) is 11.7. The summed E-state index contributed by atoms with van der Waals surface area (Å²) >= 11 is 0. The van der Waals surface area contributed by atoms with Gasteiger partial charge in [0.1, 0.15) is 0 Å². The topological polar surface area (TPSA) is 64.3 Å². The van der Waals surface area contributed by atoms with Crippen LogP contribution >= 0.6 is 0 Å². The van der Waals surface area contributed by atoms with Gasteiger partial charge in [0.25, 0.3) is 0 Å². The standard InChI is InChI=1S/C10H20N2O2/c1-3-8(6-11)12-10(13)9-4-5-14-7(9)2/h7-9H,3-6,11H2,1-2H3,(H,12,13). The molecule has 1 amide bonds. The Morgan fingerprint density at radius 2 is 2.43 bits per heavy atom. The molecule has 3 atom stereocenters. The summed E-state index contributed by atoms with van der Waals surface area (Å²) in [5.41, 5.74) is 5.52. The van der Waals surface area contributed by atoms with E-state index in [1.165, 1.54) is 0 Å². The van der Waals surface area contributed by atoms with Crippen LogP contribution in [-0.4, -0.2) is 31.2 Å². The molecular weight excluding hydrogens is 180 g/mol. The molecule has 0 bridgehead atoms. The van der Waals surface area contributed by atoms with Crippen molar-refractivity contribution in [1.82, 2.24) is 5.32 Å². The Balaban J connectivity index is 2.40. The predicted molar refractivity (Wildman–Crippen MR) is 54.8 cm³/mol. The lowest BCUT2D eigenvalue weighted by atomic mass is 10.0. The molecule has 4 nitrogen and oxygen atoms in total. The number of nitrogens with one attached hydrogen (secondary N) is 1. The van der Waals surface area contributed by atoms with Crippen molar-refractivity contribution in [2.75, 3.05) is 13.2 Å². The first-order valence-corrected chi connectivity index (χ1v) is 5.31. The SMILES string of the molecule is CCC(CN)NC(=O)C1CCOC1C. The first-order chi connectivity index (χ1) is 6.69. The van der Waals surface area contributed by atoms with E-state index in [-0.39, 0.29) is 24.0 Å². The first-order valence-electron chi connectivity index (χ1n) is 5.31. The number of hydrogen-bond donors (Lipinski definition) is 2. The first kappa shape index (κ1) is 11.5. The zero-order valence-corrected chi connectivity index (χ0v) is 8.95. The fourth-order valence-corrected chi connectivity index (χ4v) is 1.71. The van der Waals surface area contributed by atoms with Crippen molar-refractivity contribution < 1.29 is 9.53 Å². The second kappa shape index (κ2) is 5.32. The van der Waals surface area contributed by atoms with E-state index in [1.54, 1.807) is 0 Å². The molecule has 82 valence electrons. The maximum atomic E-state index is 11.7. The molecule has 0 radical (unpaired) electrons. The molecule has 14 heavy (non-hydrogen) atoms. The van der Waals surface area contributed by atoms with Gasteiger partial charge in [0, 0.05) is 19.2 Å². The molecule has 0 aromatic heterocycles. The molecule has 1 fully saturated rings. The number of hydrogen-bond acceptors (Lipinski definition) is 3. The highest BCUT2D eigenvalue weighted by Gasteiger charge is 2.31. The zero-order valence-electron chi connectivity index (χ0n) is 8.95. The predicted octanol–water partition coefficient (Wildman–Crippen LogP) is 0.265. The average Bonchev–Trinajstić information content (AvgIpc) is 2.60. The molecule has 0 saturated carbocycles. The van der Waals surface area contributed by atoms with Crippen LogP contribution in [0.4, 0.5) is 0 Å². The van der Waals surface area contributed by atoms with Crippen LogP contribution < -0.4 is 11.1 Å². The van der Waals surface area contributed by atoms with Gasteiger partial charge in [-0.2, -0.15) is 0 Å². The van der Waals surface area contributed by atoms with Gasteiger partial charge in [-0.3, -0.25) is 4.79 Å². The van der Waals surface area contributed by atoms with E-state index in [9.17, 15) is 4.79 Å². The Hall–Kier alpha value is -0.610. The van der Waals surface area contributed by atoms with Crippen molar-refractivity contribution in [3.63, 3.8) is 0 Å². The van der Waals surface area contributed by atoms with Crippen LogP contribution in [0.25, 0.3) is 0 Å². The van der Waals surface area contributed by atoms with E-state index >= 15 is 0 Å². The molecule has 0 spiro atoms. The highest BCUT2D eigenvalue weighted by atomic mass is 16.5. The van der Waals surface area contributed by atoms with Gasteiger partial charge in [0.05, 0.1) is 12.0 Å². The Morgan fingerprint density at radius 3 is 2.86 bits per heavy atom. The van der Waals surface area contributed by atoms with Crippen LogP contribution in [0.2, 0.25) is 0 Å². The summed E-state index contributed by atoms with van der Waals surface area (Å²) in [6.07, 6.45) is 1.75.